The molecule has 1 amide bonds. The molecule has 0 spiro atoms. The summed E-state index contributed by atoms with van der Waals surface area (Å²) in [5.74, 6) is -1.74. The molecule has 182 valence electrons. The predicted octanol–water partition coefficient (Wildman–Crippen LogP) is 4.12. The van der Waals surface area contributed by atoms with E-state index in [0.29, 0.717) is 5.02 Å². The number of halogens is 1. The number of amides is 1. The maximum absolute atomic E-state index is 13.0. The van der Waals surface area contributed by atoms with Crippen LogP contribution in [0, 0.1) is 0 Å². The fourth-order valence-electron chi connectivity index (χ4n) is 4.35. The van der Waals surface area contributed by atoms with Crippen LogP contribution in [0.25, 0.3) is 11.0 Å². The quantitative estimate of drug-likeness (QED) is 0.356. The first-order valence-electron chi connectivity index (χ1n) is 11.0. The van der Waals surface area contributed by atoms with E-state index in [1.54, 1.807) is 12.4 Å². The Kier molecular flexibility index (Phi) is 6.03. The van der Waals surface area contributed by atoms with E-state index in [1.807, 2.05) is 54.0 Å². The van der Waals surface area contributed by atoms with E-state index in [1.165, 1.54) is 24.1 Å². The highest BCUT2D eigenvalue weighted by atomic mass is 35.5. The molecule has 2 N–H and O–H groups in total. The third-order valence-electron chi connectivity index (χ3n) is 6.09. The second-order valence-corrected chi connectivity index (χ2v) is 8.70. The van der Waals surface area contributed by atoms with Gasteiger partial charge in [-0.05, 0) is 23.8 Å². The Balaban J connectivity index is 1.67. The molecule has 0 unspecified atom stereocenters. The number of nitrogens with one attached hydrogen (secondary N) is 1. The standard InChI is InChI=1S/C25H21ClN6O4/c1-14(23-30-20(22(33)25(35)31(23)2)24(34)29-15-11-28-36-12-15)21(16-7-3-4-8-17(16)26)32-13-27-18-9-5-6-10-19(18)32/h3-14,21,33H,1-2H3,(H,29,34)/t14-,21+/m0/s1. The molecule has 2 atom stereocenters. The van der Waals surface area contributed by atoms with Gasteiger partial charge in [0.2, 0.25) is 5.75 Å². The van der Waals surface area contributed by atoms with Crippen molar-refractivity contribution in [2.24, 2.45) is 7.05 Å². The highest BCUT2D eigenvalue weighted by Crippen LogP contribution is 2.38. The Hall–Kier alpha value is -4.44. The minimum Gasteiger partial charge on any atom is -0.501 e. The maximum Gasteiger partial charge on any atom is 0.296 e. The number of aromatic hydroxyl groups is 1. The van der Waals surface area contributed by atoms with Gasteiger partial charge in [-0.1, -0.05) is 54.0 Å². The molecule has 3 heterocycles. The molecular formula is C25H21ClN6O4. The van der Waals surface area contributed by atoms with E-state index in [0.717, 1.165) is 16.6 Å². The first-order chi connectivity index (χ1) is 17.4. The van der Waals surface area contributed by atoms with Crippen LogP contribution in [-0.4, -0.2) is 35.3 Å². The smallest absolute Gasteiger partial charge is 0.296 e. The van der Waals surface area contributed by atoms with E-state index in [2.05, 4.69) is 20.4 Å². The molecule has 0 saturated carbocycles. The van der Waals surface area contributed by atoms with Crippen LogP contribution in [0.2, 0.25) is 5.02 Å². The van der Waals surface area contributed by atoms with Crippen LogP contribution in [0.5, 0.6) is 5.75 Å². The van der Waals surface area contributed by atoms with E-state index >= 15 is 0 Å². The van der Waals surface area contributed by atoms with E-state index in [9.17, 15) is 14.7 Å². The largest absolute Gasteiger partial charge is 0.501 e. The van der Waals surface area contributed by atoms with Crippen molar-refractivity contribution < 1.29 is 14.4 Å². The molecule has 0 saturated heterocycles. The van der Waals surface area contributed by atoms with Crippen molar-refractivity contribution in [3.8, 4) is 5.75 Å². The molecule has 36 heavy (non-hydrogen) atoms. The average Bonchev–Trinajstić information content (AvgIpc) is 3.54. The molecule has 5 rings (SSSR count). The monoisotopic (exact) mass is 504 g/mol. The molecule has 0 aliphatic carbocycles. The number of carbonyl (C=O) groups excluding carboxylic acids is 1. The second kappa shape index (κ2) is 9.31. The fraction of sp³-hybridized carbons (Fsp3) is 0.160. The Morgan fingerprint density at radius 3 is 2.67 bits per heavy atom. The fourth-order valence-corrected chi connectivity index (χ4v) is 4.59. The van der Waals surface area contributed by atoms with Gasteiger partial charge in [-0.25, -0.2) is 9.97 Å². The number of rotatable bonds is 6. The van der Waals surface area contributed by atoms with Crippen LogP contribution in [0.4, 0.5) is 5.69 Å². The summed E-state index contributed by atoms with van der Waals surface area (Å²) >= 11 is 6.63. The number of imidazole rings is 1. The molecule has 0 bridgehead atoms. The first kappa shape index (κ1) is 23.3. The molecule has 2 aromatic carbocycles. The SMILES string of the molecule is C[C@H](c1nc(C(=O)Nc2cnoc2)c(O)c(=O)n1C)[C@H](c1ccccc1Cl)n1cnc2ccccc21. The number of fused-ring (bicyclic) bond motifs is 1. The lowest BCUT2D eigenvalue weighted by Gasteiger charge is -2.28. The Labute approximate surface area is 209 Å². The van der Waals surface area contributed by atoms with Crippen molar-refractivity contribution in [1.82, 2.24) is 24.3 Å². The summed E-state index contributed by atoms with van der Waals surface area (Å²) in [7, 11) is 1.50. The number of aromatic nitrogens is 5. The minimum atomic E-state index is -0.774. The van der Waals surface area contributed by atoms with Crippen LogP contribution < -0.4 is 10.9 Å². The van der Waals surface area contributed by atoms with Crippen molar-refractivity contribution in [2.75, 3.05) is 5.32 Å². The third-order valence-corrected chi connectivity index (χ3v) is 6.44. The third kappa shape index (κ3) is 4.01. The van der Waals surface area contributed by atoms with Crippen LogP contribution in [0.3, 0.4) is 0 Å². The van der Waals surface area contributed by atoms with Crippen LogP contribution in [0.1, 0.15) is 40.8 Å². The van der Waals surface area contributed by atoms with Crippen LogP contribution in [-0.2, 0) is 7.05 Å². The summed E-state index contributed by atoms with van der Waals surface area (Å²) < 4.78 is 7.92. The van der Waals surface area contributed by atoms with Gasteiger partial charge in [0.1, 0.15) is 17.8 Å². The normalized spacial score (nSPS) is 13.0. The predicted molar refractivity (Wildman–Crippen MR) is 133 cm³/mol. The second-order valence-electron chi connectivity index (χ2n) is 8.29. The summed E-state index contributed by atoms with van der Waals surface area (Å²) in [5.41, 5.74) is 1.54. The number of para-hydroxylation sites is 2. The molecule has 11 heteroatoms. The van der Waals surface area contributed by atoms with Gasteiger partial charge in [-0.2, -0.15) is 0 Å². The summed E-state index contributed by atoms with van der Waals surface area (Å²) in [6.45, 7) is 1.88. The van der Waals surface area contributed by atoms with Crippen LogP contribution >= 0.6 is 11.6 Å². The number of hydrogen-bond donors (Lipinski definition) is 2. The highest BCUT2D eigenvalue weighted by molar-refractivity contribution is 6.31. The zero-order chi connectivity index (χ0) is 25.4. The number of hydrogen-bond acceptors (Lipinski definition) is 7. The van der Waals surface area contributed by atoms with Crippen molar-refractivity contribution in [1.29, 1.82) is 0 Å². The summed E-state index contributed by atoms with van der Waals surface area (Å²) in [6, 6.07) is 14.6. The van der Waals surface area contributed by atoms with Gasteiger partial charge in [0.05, 0.1) is 29.6 Å². The number of carbonyl (C=O) groups is 1. The van der Waals surface area contributed by atoms with E-state index in [-0.39, 0.29) is 11.5 Å². The lowest BCUT2D eigenvalue weighted by Crippen LogP contribution is -2.30. The number of nitrogens with zero attached hydrogens (tertiary/aromatic N) is 5. The molecule has 10 nitrogen and oxygen atoms in total. The van der Waals surface area contributed by atoms with Gasteiger partial charge in [0.25, 0.3) is 11.5 Å². The topological polar surface area (TPSA) is 128 Å². The zero-order valence-corrected chi connectivity index (χ0v) is 20.0. The van der Waals surface area contributed by atoms with Crippen molar-refractivity contribution >= 4 is 34.2 Å². The molecule has 0 aliphatic rings. The van der Waals surface area contributed by atoms with Gasteiger partial charge in [-0.15, -0.1) is 0 Å². The Morgan fingerprint density at radius 2 is 1.92 bits per heavy atom. The van der Waals surface area contributed by atoms with Gasteiger partial charge in [0, 0.05) is 18.0 Å². The number of benzene rings is 2. The van der Waals surface area contributed by atoms with Gasteiger partial charge in [-0.3, -0.25) is 14.2 Å². The molecule has 3 aromatic heterocycles. The van der Waals surface area contributed by atoms with Crippen molar-refractivity contribution in [3.63, 3.8) is 0 Å². The molecular weight excluding hydrogens is 484 g/mol. The summed E-state index contributed by atoms with van der Waals surface area (Å²) in [4.78, 5) is 34.8. The number of anilines is 1. The van der Waals surface area contributed by atoms with E-state index < -0.39 is 34.9 Å². The maximum atomic E-state index is 13.0. The van der Waals surface area contributed by atoms with Crippen molar-refractivity contribution in [3.05, 3.63) is 99.8 Å². The molecule has 0 aliphatic heterocycles. The van der Waals surface area contributed by atoms with E-state index in [4.69, 9.17) is 16.1 Å². The Morgan fingerprint density at radius 1 is 1.17 bits per heavy atom. The zero-order valence-electron chi connectivity index (χ0n) is 19.3. The lowest BCUT2D eigenvalue weighted by atomic mass is 9.92. The summed E-state index contributed by atoms with van der Waals surface area (Å²) in [6.07, 6.45) is 4.22. The molecule has 0 fully saturated rings. The van der Waals surface area contributed by atoms with Crippen LogP contribution in [0.15, 0.2) is 76.6 Å². The van der Waals surface area contributed by atoms with Gasteiger partial charge < -0.3 is 19.5 Å². The Bertz CT molecular complexity index is 1630. The minimum absolute atomic E-state index is 0.260. The highest BCUT2D eigenvalue weighted by Gasteiger charge is 2.31. The lowest BCUT2D eigenvalue weighted by molar-refractivity contribution is 0.101. The average molecular weight is 505 g/mol. The summed E-state index contributed by atoms with van der Waals surface area (Å²) in [5, 5.41) is 17.0. The van der Waals surface area contributed by atoms with Gasteiger partial charge in [0.15, 0.2) is 5.69 Å². The molecule has 5 aromatic rings. The first-order valence-corrected chi connectivity index (χ1v) is 11.4. The molecule has 0 radical (unpaired) electrons. The van der Waals surface area contributed by atoms with Crippen molar-refractivity contribution in [2.45, 2.75) is 18.9 Å². The van der Waals surface area contributed by atoms with Gasteiger partial charge >= 0.3 is 0 Å².